The first-order valence-electron chi connectivity index (χ1n) is 8.03. The number of nitrogens with zero attached hydrogens (tertiary/aromatic N) is 2. The van der Waals surface area contributed by atoms with Crippen LogP contribution in [-0.2, 0) is 0 Å². The Hall–Kier alpha value is -3.31. The van der Waals surface area contributed by atoms with Gasteiger partial charge in [-0.1, -0.05) is 49.1 Å². The van der Waals surface area contributed by atoms with E-state index in [1.54, 1.807) is 29.7 Å². The zero-order valence-corrected chi connectivity index (χ0v) is 14.9. The fourth-order valence-corrected chi connectivity index (χ4v) is 3.05. The third kappa shape index (κ3) is 4.62. The van der Waals surface area contributed by atoms with Gasteiger partial charge in [-0.15, -0.1) is 11.3 Å². The predicted molar refractivity (Wildman–Crippen MR) is 113 cm³/mol. The predicted octanol–water partition coefficient (Wildman–Crippen LogP) is 4.99. The van der Waals surface area contributed by atoms with Gasteiger partial charge in [0.2, 0.25) is 0 Å². The second-order valence-electron chi connectivity index (χ2n) is 5.38. The topological polar surface area (TPSA) is 60.6 Å². The van der Waals surface area contributed by atoms with Gasteiger partial charge in [-0.05, 0) is 40.6 Å². The number of benzene rings is 2. The maximum Gasteiger partial charge on any atom is 0.153 e. The molecule has 2 aromatic carbocycles. The van der Waals surface area contributed by atoms with Gasteiger partial charge in [0.15, 0.2) is 5.84 Å². The number of aliphatic imine (C=N–C) groups is 2. The summed E-state index contributed by atoms with van der Waals surface area (Å²) < 4.78 is 1.26. The van der Waals surface area contributed by atoms with E-state index in [0.29, 0.717) is 5.82 Å². The van der Waals surface area contributed by atoms with Gasteiger partial charge in [-0.2, -0.15) is 0 Å². The molecule has 0 fully saturated rings. The van der Waals surface area contributed by atoms with Crippen LogP contribution in [0, 0.1) is 5.41 Å². The summed E-state index contributed by atoms with van der Waals surface area (Å²) in [5.41, 5.74) is 1.77. The Kier molecular flexibility index (Phi) is 5.85. The van der Waals surface area contributed by atoms with Crippen LogP contribution in [0.5, 0.6) is 0 Å². The third-order valence-electron chi connectivity index (χ3n) is 3.56. The van der Waals surface area contributed by atoms with Crippen molar-refractivity contribution in [1.82, 2.24) is 5.32 Å². The highest BCUT2D eigenvalue weighted by Crippen LogP contribution is 2.21. The Morgan fingerprint density at radius 2 is 1.92 bits per heavy atom. The summed E-state index contributed by atoms with van der Waals surface area (Å²) in [5.74, 6) is 0.776. The van der Waals surface area contributed by atoms with Crippen LogP contribution in [0.2, 0.25) is 0 Å². The average molecular weight is 358 g/mol. The summed E-state index contributed by atoms with van der Waals surface area (Å²) in [4.78, 5) is 8.54. The van der Waals surface area contributed by atoms with Gasteiger partial charge in [0.25, 0.3) is 0 Å². The van der Waals surface area contributed by atoms with E-state index < -0.39 is 0 Å². The zero-order chi connectivity index (χ0) is 18.2. The normalized spacial score (nSPS) is 12.1. The molecule has 2 N–H and O–H groups in total. The van der Waals surface area contributed by atoms with Crippen LogP contribution >= 0.6 is 11.3 Å². The number of allylic oxidation sites excluding steroid dienone is 2. The minimum Gasteiger partial charge on any atom is -0.331 e. The van der Waals surface area contributed by atoms with Crippen LogP contribution in [0.3, 0.4) is 0 Å². The van der Waals surface area contributed by atoms with Crippen LogP contribution < -0.4 is 5.32 Å². The van der Waals surface area contributed by atoms with Gasteiger partial charge >= 0.3 is 0 Å². The molecule has 4 nitrogen and oxygen atoms in total. The fraction of sp³-hybridized carbons (Fsp3) is 0. The van der Waals surface area contributed by atoms with E-state index >= 15 is 0 Å². The molecule has 0 saturated heterocycles. The van der Waals surface area contributed by atoms with E-state index in [1.165, 1.54) is 16.4 Å². The molecule has 0 aliphatic carbocycles. The number of thiophene rings is 1. The molecule has 26 heavy (non-hydrogen) atoms. The monoisotopic (exact) mass is 358 g/mol. The number of hydrogen-bond donors (Lipinski definition) is 2. The van der Waals surface area contributed by atoms with Crippen molar-refractivity contribution in [3.8, 4) is 0 Å². The molecule has 3 rings (SSSR count). The second kappa shape index (κ2) is 8.69. The van der Waals surface area contributed by atoms with Crippen molar-refractivity contribution in [3.05, 3.63) is 95.7 Å². The van der Waals surface area contributed by atoms with Crippen molar-refractivity contribution in [1.29, 1.82) is 5.41 Å². The van der Waals surface area contributed by atoms with E-state index in [-0.39, 0.29) is 5.84 Å². The molecular weight excluding hydrogens is 340 g/mol. The number of fused-ring (bicyclic) bond motifs is 1. The molecule has 1 aromatic heterocycles. The van der Waals surface area contributed by atoms with E-state index in [0.717, 1.165) is 11.1 Å². The number of rotatable bonds is 6. The van der Waals surface area contributed by atoms with Crippen LogP contribution in [0.4, 0.5) is 0 Å². The zero-order valence-electron chi connectivity index (χ0n) is 14.1. The lowest BCUT2D eigenvalue weighted by Crippen LogP contribution is -2.11. The molecule has 0 saturated carbocycles. The Morgan fingerprint density at radius 3 is 2.73 bits per heavy atom. The molecule has 0 unspecified atom stereocenters. The first-order chi connectivity index (χ1) is 12.8. The largest absolute Gasteiger partial charge is 0.331 e. The second-order valence-corrected chi connectivity index (χ2v) is 6.33. The van der Waals surface area contributed by atoms with E-state index in [9.17, 15) is 0 Å². The molecule has 5 heteroatoms. The fourth-order valence-electron chi connectivity index (χ4n) is 2.28. The molecule has 0 atom stereocenters. The lowest BCUT2D eigenvalue weighted by Gasteiger charge is -2.01. The van der Waals surface area contributed by atoms with Gasteiger partial charge in [0.1, 0.15) is 5.82 Å². The number of amidine groups is 1. The van der Waals surface area contributed by atoms with Crippen molar-refractivity contribution >= 4 is 39.8 Å². The summed E-state index contributed by atoms with van der Waals surface area (Å²) >= 11 is 1.72. The van der Waals surface area contributed by atoms with Crippen LogP contribution in [-0.4, -0.2) is 18.4 Å². The standard InChI is InChI=1S/C21H18N4S/c1-2-6-20(24-15-25-21(22)17-7-4-3-5-8-17)23-14-16-9-10-19-18(13-16)11-12-26-19/h2-15H,1H2,(H2,22,24,25)/b20-6+,23-14+. The summed E-state index contributed by atoms with van der Waals surface area (Å²) in [6.07, 6.45) is 6.65. The maximum absolute atomic E-state index is 7.96. The molecule has 3 aromatic rings. The lowest BCUT2D eigenvalue weighted by atomic mass is 10.2. The molecule has 0 spiro atoms. The average Bonchev–Trinajstić information content (AvgIpc) is 3.14. The van der Waals surface area contributed by atoms with E-state index in [4.69, 9.17) is 5.41 Å². The van der Waals surface area contributed by atoms with Crippen molar-refractivity contribution in [2.24, 2.45) is 9.98 Å². The summed E-state index contributed by atoms with van der Waals surface area (Å²) in [6.45, 7) is 3.70. The van der Waals surface area contributed by atoms with Crippen molar-refractivity contribution in [2.45, 2.75) is 0 Å². The van der Waals surface area contributed by atoms with E-state index in [2.05, 4.69) is 45.5 Å². The lowest BCUT2D eigenvalue weighted by molar-refractivity contribution is 1.11. The highest BCUT2D eigenvalue weighted by Gasteiger charge is 1.98. The van der Waals surface area contributed by atoms with Crippen LogP contribution in [0.1, 0.15) is 11.1 Å². The summed E-state index contributed by atoms with van der Waals surface area (Å²) in [5, 5.41) is 14.2. The van der Waals surface area contributed by atoms with Gasteiger partial charge in [-0.3, -0.25) is 5.41 Å². The molecule has 0 amide bonds. The Labute approximate surface area is 156 Å². The molecule has 0 radical (unpaired) electrons. The quantitative estimate of drug-likeness (QED) is 0.364. The molecule has 0 aliphatic rings. The molecule has 128 valence electrons. The molecular formula is C21H18N4S. The van der Waals surface area contributed by atoms with Crippen LogP contribution in [0.15, 0.2) is 94.5 Å². The smallest absolute Gasteiger partial charge is 0.153 e. The first kappa shape index (κ1) is 17.5. The summed E-state index contributed by atoms with van der Waals surface area (Å²) in [6, 6.07) is 17.7. The van der Waals surface area contributed by atoms with Crippen molar-refractivity contribution in [3.63, 3.8) is 0 Å². The Morgan fingerprint density at radius 1 is 1.08 bits per heavy atom. The highest BCUT2D eigenvalue weighted by atomic mass is 32.1. The van der Waals surface area contributed by atoms with Gasteiger partial charge in [0.05, 0.1) is 6.34 Å². The minimum absolute atomic E-state index is 0.183. The van der Waals surface area contributed by atoms with E-state index in [1.807, 2.05) is 36.4 Å². The van der Waals surface area contributed by atoms with Crippen molar-refractivity contribution < 1.29 is 0 Å². The molecule has 0 aliphatic heterocycles. The highest BCUT2D eigenvalue weighted by molar-refractivity contribution is 7.17. The Balaban J connectivity index is 1.67. The number of hydrogen-bond acceptors (Lipinski definition) is 3. The minimum atomic E-state index is 0.183. The molecule has 1 heterocycles. The maximum atomic E-state index is 7.96. The van der Waals surface area contributed by atoms with Gasteiger partial charge < -0.3 is 5.32 Å². The van der Waals surface area contributed by atoms with Crippen molar-refractivity contribution in [2.75, 3.05) is 0 Å². The van der Waals surface area contributed by atoms with Gasteiger partial charge in [-0.25, -0.2) is 9.98 Å². The SMILES string of the molecule is C=C/C=C(\N=C\c1ccc2sccc2c1)N/C=N\C(=N)c1ccccc1. The van der Waals surface area contributed by atoms with Gasteiger partial charge in [0, 0.05) is 16.5 Å². The first-order valence-corrected chi connectivity index (χ1v) is 8.91. The number of nitrogens with one attached hydrogen (secondary N) is 2. The van der Waals surface area contributed by atoms with Crippen LogP contribution in [0.25, 0.3) is 10.1 Å². The molecule has 0 bridgehead atoms. The Bertz CT molecular complexity index is 997. The summed E-state index contributed by atoms with van der Waals surface area (Å²) in [7, 11) is 0. The third-order valence-corrected chi connectivity index (χ3v) is 4.46.